The van der Waals surface area contributed by atoms with Gasteiger partial charge in [-0.25, -0.2) is 9.78 Å². The third-order valence-electron chi connectivity index (χ3n) is 2.12. The number of carboxylic acids is 1. The Hall–Kier alpha value is -2.08. The highest BCUT2D eigenvalue weighted by molar-refractivity contribution is 7.14. The molecule has 1 aromatic carbocycles. The van der Waals surface area contributed by atoms with Gasteiger partial charge in [0, 0.05) is 5.69 Å². The third kappa shape index (κ3) is 2.54. The lowest BCUT2D eigenvalue weighted by Gasteiger charge is -2.05. The fourth-order valence-corrected chi connectivity index (χ4v) is 1.98. The second-order valence-corrected chi connectivity index (χ2v) is 4.04. The summed E-state index contributed by atoms with van der Waals surface area (Å²) in [6, 6.07) is 7.21. The topological polar surface area (TPSA) is 71.5 Å². The van der Waals surface area contributed by atoms with Crippen LogP contribution in [0.1, 0.15) is 10.5 Å². The molecule has 2 aromatic rings. The van der Waals surface area contributed by atoms with E-state index in [0.717, 1.165) is 11.4 Å². The molecule has 0 saturated heterocycles. The molecule has 0 aliphatic carbocycles. The number of thiazole rings is 1. The summed E-state index contributed by atoms with van der Waals surface area (Å²) < 4.78 is 5.03. The highest BCUT2D eigenvalue weighted by Crippen LogP contribution is 2.25. The third-order valence-corrected chi connectivity index (χ3v) is 2.86. The van der Waals surface area contributed by atoms with Crippen LogP contribution in [0.4, 0.5) is 10.7 Å². The average molecular weight is 250 g/mol. The molecule has 6 heteroatoms. The molecule has 0 unspecified atom stereocenters. The van der Waals surface area contributed by atoms with Crippen LogP contribution in [0.25, 0.3) is 0 Å². The molecule has 0 atom stereocenters. The molecule has 1 aromatic heterocycles. The molecular formula is C11H10N2O3S. The Morgan fingerprint density at radius 1 is 1.41 bits per heavy atom. The van der Waals surface area contributed by atoms with Gasteiger partial charge in [-0.3, -0.25) is 0 Å². The van der Waals surface area contributed by atoms with E-state index in [-0.39, 0.29) is 5.69 Å². The number of rotatable bonds is 4. The zero-order chi connectivity index (χ0) is 12.3. The van der Waals surface area contributed by atoms with Gasteiger partial charge in [0.1, 0.15) is 10.8 Å². The number of nitrogens with zero attached hydrogens (tertiary/aromatic N) is 1. The minimum Gasteiger partial charge on any atom is -0.497 e. The van der Waals surface area contributed by atoms with E-state index in [1.54, 1.807) is 19.2 Å². The van der Waals surface area contributed by atoms with Crippen LogP contribution in [0, 0.1) is 0 Å². The summed E-state index contributed by atoms with van der Waals surface area (Å²) in [5, 5.41) is 12.4. The first kappa shape index (κ1) is 11.4. The number of hydrogen-bond donors (Lipinski definition) is 2. The van der Waals surface area contributed by atoms with Crippen molar-refractivity contribution in [3.8, 4) is 5.75 Å². The van der Waals surface area contributed by atoms with Crippen LogP contribution >= 0.6 is 11.3 Å². The minimum atomic E-state index is -1.04. The Bertz CT molecular complexity index is 522. The molecular weight excluding hydrogens is 240 g/mol. The van der Waals surface area contributed by atoms with Crippen molar-refractivity contribution in [2.75, 3.05) is 12.4 Å². The lowest BCUT2D eigenvalue weighted by Crippen LogP contribution is -2.00. The Balaban J connectivity index is 2.19. The number of hydrogen-bond acceptors (Lipinski definition) is 5. The first-order valence-corrected chi connectivity index (χ1v) is 5.66. The van der Waals surface area contributed by atoms with Crippen LogP contribution in [-0.2, 0) is 0 Å². The van der Waals surface area contributed by atoms with Gasteiger partial charge in [0.15, 0.2) is 5.69 Å². The van der Waals surface area contributed by atoms with Gasteiger partial charge in [-0.2, -0.15) is 0 Å². The maximum Gasteiger partial charge on any atom is 0.357 e. The largest absolute Gasteiger partial charge is 0.497 e. The maximum atomic E-state index is 10.9. The number of aromatic carboxylic acids is 1. The lowest BCUT2D eigenvalue weighted by molar-refractivity contribution is 0.0692. The highest BCUT2D eigenvalue weighted by atomic mass is 32.1. The first-order chi connectivity index (χ1) is 8.20. The van der Waals surface area contributed by atoms with Crippen LogP contribution in [0.15, 0.2) is 29.8 Å². The monoisotopic (exact) mass is 250 g/mol. The fraction of sp³-hybridized carbons (Fsp3) is 0.0909. The molecule has 1 heterocycles. The van der Waals surface area contributed by atoms with Gasteiger partial charge in [-0.1, -0.05) is 0 Å². The summed E-state index contributed by atoms with van der Waals surface area (Å²) in [6.45, 7) is 0. The number of methoxy groups -OCH3 is 1. The van der Waals surface area contributed by atoms with Gasteiger partial charge >= 0.3 is 5.97 Å². The highest BCUT2D eigenvalue weighted by Gasteiger charge is 2.13. The van der Waals surface area contributed by atoms with E-state index in [0.29, 0.717) is 5.00 Å². The Morgan fingerprint density at radius 2 is 2.12 bits per heavy atom. The molecule has 17 heavy (non-hydrogen) atoms. The SMILES string of the molecule is COc1ccc(Nc2scnc2C(=O)O)cc1. The predicted molar refractivity (Wildman–Crippen MR) is 65.4 cm³/mol. The van der Waals surface area contributed by atoms with Crippen molar-refractivity contribution in [3.63, 3.8) is 0 Å². The molecule has 5 nitrogen and oxygen atoms in total. The number of nitrogens with one attached hydrogen (secondary N) is 1. The first-order valence-electron chi connectivity index (χ1n) is 4.78. The van der Waals surface area contributed by atoms with E-state index < -0.39 is 5.97 Å². The van der Waals surface area contributed by atoms with Crippen molar-refractivity contribution in [1.29, 1.82) is 0 Å². The molecule has 0 saturated carbocycles. The van der Waals surface area contributed by atoms with Crippen LogP contribution in [0.2, 0.25) is 0 Å². The molecule has 0 bridgehead atoms. The van der Waals surface area contributed by atoms with E-state index in [9.17, 15) is 4.79 Å². The van der Waals surface area contributed by atoms with E-state index in [2.05, 4.69) is 10.3 Å². The van der Waals surface area contributed by atoms with Gasteiger partial charge in [0.25, 0.3) is 0 Å². The molecule has 0 aliphatic heterocycles. The van der Waals surface area contributed by atoms with E-state index in [1.807, 2.05) is 12.1 Å². The van der Waals surface area contributed by atoms with Crippen LogP contribution < -0.4 is 10.1 Å². The zero-order valence-corrected chi connectivity index (χ0v) is 9.82. The van der Waals surface area contributed by atoms with E-state index in [1.165, 1.54) is 16.8 Å². The molecule has 0 radical (unpaired) electrons. The fourth-order valence-electron chi connectivity index (χ4n) is 1.29. The molecule has 2 N–H and O–H groups in total. The van der Waals surface area contributed by atoms with Gasteiger partial charge in [0.2, 0.25) is 0 Å². The van der Waals surface area contributed by atoms with Crippen molar-refractivity contribution in [1.82, 2.24) is 4.98 Å². The summed E-state index contributed by atoms with van der Waals surface area (Å²) in [5.74, 6) is -0.291. The molecule has 0 fully saturated rings. The average Bonchev–Trinajstić information content (AvgIpc) is 2.78. The summed E-state index contributed by atoms with van der Waals surface area (Å²) in [7, 11) is 1.59. The van der Waals surface area contributed by atoms with Gasteiger partial charge in [-0.05, 0) is 24.3 Å². The standard InChI is InChI=1S/C11H10N2O3S/c1-16-8-4-2-7(3-5-8)13-10-9(11(14)15)12-6-17-10/h2-6,13H,1H3,(H,14,15). The quantitative estimate of drug-likeness (QED) is 0.872. The van der Waals surface area contributed by atoms with E-state index in [4.69, 9.17) is 9.84 Å². The maximum absolute atomic E-state index is 10.9. The molecule has 88 valence electrons. The van der Waals surface area contributed by atoms with Crippen molar-refractivity contribution in [2.45, 2.75) is 0 Å². The second kappa shape index (κ2) is 4.84. The minimum absolute atomic E-state index is 0.0332. The van der Waals surface area contributed by atoms with Gasteiger partial charge in [0.05, 0.1) is 12.6 Å². The molecule has 0 aliphatic rings. The number of anilines is 2. The Labute approximate surface area is 102 Å². The van der Waals surface area contributed by atoms with Crippen molar-refractivity contribution in [3.05, 3.63) is 35.5 Å². The summed E-state index contributed by atoms with van der Waals surface area (Å²) >= 11 is 1.25. The van der Waals surface area contributed by atoms with Crippen LogP contribution in [0.3, 0.4) is 0 Å². The predicted octanol–water partition coefficient (Wildman–Crippen LogP) is 2.59. The van der Waals surface area contributed by atoms with E-state index >= 15 is 0 Å². The van der Waals surface area contributed by atoms with Crippen molar-refractivity contribution >= 4 is 28.0 Å². The number of ether oxygens (including phenoxy) is 1. The Morgan fingerprint density at radius 3 is 2.71 bits per heavy atom. The second-order valence-electron chi connectivity index (χ2n) is 3.19. The molecule has 0 amide bonds. The summed E-state index contributed by atoms with van der Waals surface area (Å²) in [5.41, 5.74) is 2.32. The van der Waals surface area contributed by atoms with Gasteiger partial charge in [-0.15, -0.1) is 11.3 Å². The summed E-state index contributed by atoms with van der Waals surface area (Å²) in [6.07, 6.45) is 0. The summed E-state index contributed by atoms with van der Waals surface area (Å²) in [4.78, 5) is 14.6. The van der Waals surface area contributed by atoms with Crippen molar-refractivity contribution < 1.29 is 14.6 Å². The number of benzene rings is 1. The van der Waals surface area contributed by atoms with Crippen LogP contribution in [0.5, 0.6) is 5.75 Å². The molecule has 0 spiro atoms. The van der Waals surface area contributed by atoms with Gasteiger partial charge < -0.3 is 15.2 Å². The molecule has 2 rings (SSSR count). The lowest BCUT2D eigenvalue weighted by atomic mass is 10.3. The normalized spacial score (nSPS) is 9.94. The zero-order valence-electron chi connectivity index (χ0n) is 9.01. The number of carboxylic acid groups (broad SMARTS) is 1. The van der Waals surface area contributed by atoms with Crippen molar-refractivity contribution in [2.24, 2.45) is 0 Å². The number of carbonyl (C=O) groups is 1. The number of aromatic nitrogens is 1. The smallest absolute Gasteiger partial charge is 0.357 e. The Kier molecular flexibility index (Phi) is 3.24. The van der Waals surface area contributed by atoms with Crippen LogP contribution in [-0.4, -0.2) is 23.2 Å².